The molecule has 17 heavy (non-hydrogen) atoms. The molecule has 0 saturated carbocycles. The maximum Gasteiger partial charge on any atom is 0.162 e. The summed E-state index contributed by atoms with van der Waals surface area (Å²) in [5, 5.41) is 10.1. The maximum absolute atomic E-state index is 10.1. The highest BCUT2D eigenvalue weighted by atomic mass is 79.9. The molecule has 0 bridgehead atoms. The SMILES string of the molecule is CCCCC(O)c1cc2c(cc1Br)OCCO2. The lowest BCUT2D eigenvalue weighted by atomic mass is 10.0. The van der Waals surface area contributed by atoms with Crippen LogP contribution in [0.3, 0.4) is 0 Å². The largest absolute Gasteiger partial charge is 0.486 e. The average Bonchev–Trinajstić information content (AvgIpc) is 2.35. The van der Waals surface area contributed by atoms with Gasteiger partial charge in [0.2, 0.25) is 0 Å². The van der Waals surface area contributed by atoms with Gasteiger partial charge in [0.15, 0.2) is 11.5 Å². The number of halogens is 1. The van der Waals surface area contributed by atoms with Crippen LogP contribution in [0.5, 0.6) is 11.5 Å². The van der Waals surface area contributed by atoms with Crippen molar-refractivity contribution in [3.63, 3.8) is 0 Å². The van der Waals surface area contributed by atoms with Gasteiger partial charge in [-0.05, 0) is 24.1 Å². The van der Waals surface area contributed by atoms with E-state index in [-0.39, 0.29) is 0 Å². The maximum atomic E-state index is 10.1. The molecule has 1 unspecified atom stereocenters. The lowest BCUT2D eigenvalue weighted by molar-refractivity contribution is 0.156. The van der Waals surface area contributed by atoms with E-state index in [0.29, 0.717) is 13.2 Å². The molecule has 0 amide bonds. The molecule has 1 aliphatic heterocycles. The van der Waals surface area contributed by atoms with E-state index >= 15 is 0 Å². The number of unbranched alkanes of at least 4 members (excludes halogenated alkanes) is 1. The predicted molar refractivity (Wildman–Crippen MR) is 69.6 cm³/mol. The molecule has 0 aromatic heterocycles. The van der Waals surface area contributed by atoms with Crippen LogP contribution in [0, 0.1) is 0 Å². The third-order valence-electron chi connectivity index (χ3n) is 2.85. The van der Waals surface area contributed by atoms with Crippen LogP contribution < -0.4 is 9.47 Å². The van der Waals surface area contributed by atoms with Crippen molar-refractivity contribution in [2.45, 2.75) is 32.3 Å². The summed E-state index contributed by atoms with van der Waals surface area (Å²) in [6.07, 6.45) is 2.43. The summed E-state index contributed by atoms with van der Waals surface area (Å²) in [5.41, 5.74) is 0.878. The van der Waals surface area contributed by atoms with Crippen molar-refractivity contribution >= 4 is 15.9 Å². The minimum atomic E-state index is -0.444. The Hall–Kier alpha value is -0.740. The van der Waals surface area contributed by atoms with Gasteiger partial charge < -0.3 is 14.6 Å². The van der Waals surface area contributed by atoms with Crippen LogP contribution in [-0.4, -0.2) is 18.3 Å². The molecule has 0 aliphatic carbocycles. The van der Waals surface area contributed by atoms with Crippen molar-refractivity contribution in [1.29, 1.82) is 0 Å². The lowest BCUT2D eigenvalue weighted by Crippen LogP contribution is -2.16. The van der Waals surface area contributed by atoms with Gasteiger partial charge in [0.25, 0.3) is 0 Å². The van der Waals surface area contributed by atoms with E-state index in [9.17, 15) is 5.11 Å². The Labute approximate surface area is 110 Å². The van der Waals surface area contributed by atoms with E-state index in [1.54, 1.807) is 0 Å². The summed E-state index contributed by atoms with van der Waals surface area (Å²) in [5.74, 6) is 1.47. The number of hydrogen-bond donors (Lipinski definition) is 1. The second-order valence-electron chi connectivity index (χ2n) is 4.18. The monoisotopic (exact) mass is 300 g/mol. The van der Waals surface area contributed by atoms with E-state index in [4.69, 9.17) is 9.47 Å². The molecular weight excluding hydrogens is 284 g/mol. The molecular formula is C13H17BrO3. The quantitative estimate of drug-likeness (QED) is 0.926. The Kier molecular flexibility index (Phi) is 4.29. The van der Waals surface area contributed by atoms with E-state index < -0.39 is 6.10 Å². The van der Waals surface area contributed by atoms with Gasteiger partial charge in [-0.2, -0.15) is 0 Å². The predicted octanol–water partition coefficient (Wildman–Crippen LogP) is 3.44. The Balaban J connectivity index is 2.22. The Bertz CT molecular complexity index is 392. The van der Waals surface area contributed by atoms with Crippen molar-refractivity contribution in [2.24, 2.45) is 0 Å². The third kappa shape index (κ3) is 2.93. The first-order chi connectivity index (χ1) is 8.22. The zero-order valence-electron chi connectivity index (χ0n) is 9.91. The zero-order valence-corrected chi connectivity index (χ0v) is 11.5. The molecule has 1 heterocycles. The third-order valence-corrected chi connectivity index (χ3v) is 3.54. The molecule has 1 aliphatic rings. The fraction of sp³-hybridized carbons (Fsp3) is 0.538. The van der Waals surface area contributed by atoms with Crippen molar-refractivity contribution < 1.29 is 14.6 Å². The molecule has 1 aromatic carbocycles. The number of hydrogen-bond acceptors (Lipinski definition) is 3. The topological polar surface area (TPSA) is 38.7 Å². The van der Waals surface area contributed by atoms with Crippen LogP contribution >= 0.6 is 15.9 Å². The fourth-order valence-electron chi connectivity index (χ4n) is 1.89. The van der Waals surface area contributed by atoms with E-state index in [2.05, 4.69) is 22.9 Å². The molecule has 0 spiro atoms. The number of aliphatic hydroxyl groups is 1. The smallest absolute Gasteiger partial charge is 0.162 e. The summed E-state index contributed by atoms with van der Waals surface area (Å²) < 4.78 is 11.9. The van der Waals surface area contributed by atoms with Crippen LogP contribution in [-0.2, 0) is 0 Å². The average molecular weight is 301 g/mol. The minimum absolute atomic E-state index is 0.444. The summed E-state index contributed by atoms with van der Waals surface area (Å²) in [4.78, 5) is 0. The molecule has 2 rings (SSSR count). The number of aliphatic hydroxyl groups excluding tert-OH is 1. The summed E-state index contributed by atoms with van der Waals surface area (Å²) in [7, 11) is 0. The highest BCUT2D eigenvalue weighted by molar-refractivity contribution is 9.10. The molecule has 94 valence electrons. The van der Waals surface area contributed by atoms with Gasteiger partial charge in [-0.1, -0.05) is 35.7 Å². The number of ether oxygens (including phenoxy) is 2. The summed E-state index contributed by atoms with van der Waals surface area (Å²) in [6, 6.07) is 3.75. The summed E-state index contributed by atoms with van der Waals surface area (Å²) in [6.45, 7) is 3.27. The van der Waals surface area contributed by atoms with Gasteiger partial charge in [-0.25, -0.2) is 0 Å². The standard InChI is InChI=1S/C13H17BrO3/c1-2-3-4-11(15)9-7-12-13(8-10(9)14)17-6-5-16-12/h7-8,11,15H,2-6H2,1H3. The summed E-state index contributed by atoms with van der Waals surface area (Å²) >= 11 is 3.47. The zero-order chi connectivity index (χ0) is 12.3. The van der Waals surface area contributed by atoms with Crippen LogP contribution in [0.25, 0.3) is 0 Å². The number of rotatable bonds is 4. The second kappa shape index (κ2) is 5.74. The van der Waals surface area contributed by atoms with Crippen LogP contribution in [0.2, 0.25) is 0 Å². The van der Waals surface area contributed by atoms with Crippen molar-refractivity contribution in [3.05, 3.63) is 22.2 Å². The van der Waals surface area contributed by atoms with Gasteiger partial charge >= 0.3 is 0 Å². The molecule has 3 nitrogen and oxygen atoms in total. The number of fused-ring (bicyclic) bond motifs is 1. The molecule has 1 atom stereocenters. The van der Waals surface area contributed by atoms with E-state index in [1.165, 1.54) is 0 Å². The molecule has 1 N–H and O–H groups in total. The highest BCUT2D eigenvalue weighted by Gasteiger charge is 2.18. The highest BCUT2D eigenvalue weighted by Crippen LogP contribution is 2.38. The second-order valence-corrected chi connectivity index (χ2v) is 5.03. The van der Waals surface area contributed by atoms with E-state index in [0.717, 1.165) is 40.8 Å². The van der Waals surface area contributed by atoms with Crippen molar-refractivity contribution in [2.75, 3.05) is 13.2 Å². The van der Waals surface area contributed by atoms with Crippen molar-refractivity contribution in [3.8, 4) is 11.5 Å². The van der Waals surface area contributed by atoms with Gasteiger partial charge in [0, 0.05) is 4.47 Å². The van der Waals surface area contributed by atoms with Gasteiger partial charge in [-0.3, -0.25) is 0 Å². The van der Waals surface area contributed by atoms with Crippen LogP contribution in [0.1, 0.15) is 37.9 Å². The normalized spacial score (nSPS) is 15.7. The van der Waals surface area contributed by atoms with E-state index in [1.807, 2.05) is 12.1 Å². The van der Waals surface area contributed by atoms with Gasteiger partial charge in [0.05, 0.1) is 6.10 Å². The first-order valence-electron chi connectivity index (χ1n) is 5.99. The Morgan fingerprint density at radius 2 is 1.94 bits per heavy atom. The molecule has 0 fully saturated rings. The van der Waals surface area contributed by atoms with Crippen molar-refractivity contribution in [1.82, 2.24) is 0 Å². The first kappa shape index (κ1) is 12.7. The molecule has 0 radical (unpaired) electrons. The Morgan fingerprint density at radius 1 is 1.29 bits per heavy atom. The fourth-order valence-corrected chi connectivity index (χ4v) is 2.47. The van der Waals surface area contributed by atoms with Gasteiger partial charge in [-0.15, -0.1) is 0 Å². The molecule has 4 heteroatoms. The van der Waals surface area contributed by atoms with Crippen LogP contribution in [0.4, 0.5) is 0 Å². The molecule has 1 aromatic rings. The Morgan fingerprint density at radius 3 is 2.59 bits per heavy atom. The number of benzene rings is 1. The molecule has 0 saturated heterocycles. The lowest BCUT2D eigenvalue weighted by Gasteiger charge is -2.21. The van der Waals surface area contributed by atoms with Crippen LogP contribution in [0.15, 0.2) is 16.6 Å². The first-order valence-corrected chi connectivity index (χ1v) is 6.78. The van der Waals surface area contributed by atoms with Gasteiger partial charge in [0.1, 0.15) is 13.2 Å². The minimum Gasteiger partial charge on any atom is -0.486 e.